The lowest BCUT2D eigenvalue weighted by molar-refractivity contribution is 0.449. The Hall–Kier alpha value is -0.500. The van der Waals surface area contributed by atoms with E-state index in [1.54, 1.807) is 0 Å². The number of allylic oxidation sites excluding steroid dienone is 2. The van der Waals surface area contributed by atoms with Gasteiger partial charge in [0.2, 0.25) is 0 Å². The smallest absolute Gasteiger partial charge is 0.0811 e. The van der Waals surface area contributed by atoms with Gasteiger partial charge in [0.1, 0.15) is 0 Å². The van der Waals surface area contributed by atoms with Crippen LogP contribution in [0.4, 0.5) is 0 Å². The molecule has 1 aliphatic rings. The number of hydrogen-bond donors (Lipinski definition) is 0. The highest BCUT2D eigenvalue weighted by molar-refractivity contribution is 9.11. The summed E-state index contributed by atoms with van der Waals surface area (Å²) >= 11 is 3.44. The molecule has 0 aromatic carbocycles. The highest BCUT2D eigenvalue weighted by Crippen LogP contribution is 2.15. The molecule has 0 aromatic rings. The van der Waals surface area contributed by atoms with Gasteiger partial charge in [-0.3, -0.25) is 0 Å². The van der Waals surface area contributed by atoms with Crippen LogP contribution in [0.5, 0.6) is 0 Å². The zero-order valence-corrected chi connectivity index (χ0v) is 7.34. The standard InChI is InChI=1S/C8H10BrN/c1-2-6-10-7-4-3-5-8(10)9/h2-5H,1,6-7H2. The second-order valence-electron chi connectivity index (χ2n) is 2.11. The van der Waals surface area contributed by atoms with Crippen LogP contribution in [0.15, 0.2) is 35.5 Å². The van der Waals surface area contributed by atoms with Gasteiger partial charge >= 0.3 is 0 Å². The van der Waals surface area contributed by atoms with E-state index in [1.807, 2.05) is 18.2 Å². The van der Waals surface area contributed by atoms with Crippen LogP contribution < -0.4 is 0 Å². The summed E-state index contributed by atoms with van der Waals surface area (Å²) in [5, 5.41) is 0. The van der Waals surface area contributed by atoms with Crippen LogP contribution in [0.2, 0.25) is 0 Å². The molecule has 0 unspecified atom stereocenters. The molecule has 0 amide bonds. The van der Waals surface area contributed by atoms with Crippen LogP contribution in [0.1, 0.15) is 0 Å². The van der Waals surface area contributed by atoms with Crippen molar-refractivity contribution in [3.63, 3.8) is 0 Å². The Morgan fingerprint density at radius 3 is 3.20 bits per heavy atom. The quantitative estimate of drug-likeness (QED) is 0.488. The Morgan fingerprint density at radius 2 is 2.60 bits per heavy atom. The molecule has 10 heavy (non-hydrogen) atoms. The van der Waals surface area contributed by atoms with Crippen molar-refractivity contribution < 1.29 is 0 Å². The molecule has 1 rings (SSSR count). The Bertz CT molecular complexity index is 180. The summed E-state index contributed by atoms with van der Waals surface area (Å²) in [5.41, 5.74) is 0. The van der Waals surface area contributed by atoms with Gasteiger partial charge in [0.15, 0.2) is 0 Å². The fraction of sp³-hybridized carbons (Fsp3) is 0.250. The first-order chi connectivity index (χ1) is 4.84. The van der Waals surface area contributed by atoms with Crippen LogP contribution >= 0.6 is 15.9 Å². The topological polar surface area (TPSA) is 3.24 Å². The largest absolute Gasteiger partial charge is 0.358 e. The predicted molar refractivity (Wildman–Crippen MR) is 47.9 cm³/mol. The van der Waals surface area contributed by atoms with E-state index in [0.717, 1.165) is 17.7 Å². The zero-order valence-electron chi connectivity index (χ0n) is 5.76. The molecule has 0 saturated heterocycles. The van der Waals surface area contributed by atoms with Gasteiger partial charge in [-0.15, -0.1) is 6.58 Å². The van der Waals surface area contributed by atoms with E-state index in [1.165, 1.54) is 0 Å². The van der Waals surface area contributed by atoms with Gasteiger partial charge < -0.3 is 4.90 Å². The van der Waals surface area contributed by atoms with Crippen LogP contribution in [0.25, 0.3) is 0 Å². The molecule has 0 atom stereocenters. The highest BCUT2D eigenvalue weighted by atomic mass is 79.9. The van der Waals surface area contributed by atoms with Crippen LogP contribution in [0, 0.1) is 0 Å². The van der Waals surface area contributed by atoms with Crippen molar-refractivity contribution in [1.29, 1.82) is 0 Å². The van der Waals surface area contributed by atoms with Crippen LogP contribution in [-0.4, -0.2) is 18.0 Å². The molecule has 0 radical (unpaired) electrons. The minimum Gasteiger partial charge on any atom is -0.358 e. The third-order valence-corrected chi connectivity index (χ3v) is 2.11. The van der Waals surface area contributed by atoms with Crippen molar-refractivity contribution in [3.05, 3.63) is 35.5 Å². The Kier molecular flexibility index (Phi) is 2.75. The van der Waals surface area contributed by atoms with Gasteiger partial charge in [0.25, 0.3) is 0 Å². The lowest BCUT2D eigenvalue weighted by atomic mass is 10.3. The highest BCUT2D eigenvalue weighted by Gasteiger charge is 2.03. The molecule has 2 heteroatoms. The Labute approximate surface area is 69.8 Å². The fourth-order valence-corrected chi connectivity index (χ4v) is 1.29. The molecular formula is C8H10BrN. The number of rotatable bonds is 2. The van der Waals surface area contributed by atoms with Gasteiger partial charge in [-0.1, -0.05) is 18.2 Å². The van der Waals surface area contributed by atoms with Crippen molar-refractivity contribution >= 4 is 15.9 Å². The summed E-state index contributed by atoms with van der Waals surface area (Å²) in [6.07, 6.45) is 8.10. The molecule has 0 bridgehead atoms. The first kappa shape index (κ1) is 7.61. The Balaban J connectivity index is 2.55. The normalized spacial score (nSPS) is 16.9. The third-order valence-electron chi connectivity index (χ3n) is 1.35. The van der Waals surface area contributed by atoms with Gasteiger partial charge in [0, 0.05) is 13.1 Å². The molecule has 1 heterocycles. The number of hydrogen-bond acceptors (Lipinski definition) is 1. The van der Waals surface area contributed by atoms with E-state index in [-0.39, 0.29) is 0 Å². The third kappa shape index (κ3) is 1.74. The molecule has 0 saturated carbocycles. The van der Waals surface area contributed by atoms with E-state index in [9.17, 15) is 0 Å². The summed E-state index contributed by atoms with van der Waals surface area (Å²) in [4.78, 5) is 2.19. The van der Waals surface area contributed by atoms with Crippen molar-refractivity contribution in [2.45, 2.75) is 0 Å². The summed E-state index contributed by atoms with van der Waals surface area (Å²) in [6, 6.07) is 0. The van der Waals surface area contributed by atoms with E-state index in [2.05, 4.69) is 33.5 Å². The van der Waals surface area contributed by atoms with Crippen molar-refractivity contribution in [2.75, 3.05) is 13.1 Å². The van der Waals surface area contributed by atoms with E-state index < -0.39 is 0 Å². The molecule has 0 fully saturated rings. The monoisotopic (exact) mass is 199 g/mol. The lowest BCUT2D eigenvalue weighted by Gasteiger charge is -2.22. The molecule has 54 valence electrons. The summed E-state index contributed by atoms with van der Waals surface area (Å²) in [6.45, 7) is 5.55. The summed E-state index contributed by atoms with van der Waals surface area (Å²) in [5.74, 6) is 0. The van der Waals surface area contributed by atoms with E-state index in [0.29, 0.717) is 0 Å². The number of nitrogens with zero attached hydrogens (tertiary/aromatic N) is 1. The minimum absolute atomic E-state index is 0.904. The SMILES string of the molecule is C=CCN1CC=CC=C1Br. The minimum atomic E-state index is 0.904. The molecular weight excluding hydrogens is 190 g/mol. The maximum atomic E-state index is 3.68. The van der Waals surface area contributed by atoms with Gasteiger partial charge in [-0.25, -0.2) is 0 Å². The van der Waals surface area contributed by atoms with Crippen molar-refractivity contribution in [2.24, 2.45) is 0 Å². The maximum Gasteiger partial charge on any atom is 0.0811 e. The molecule has 0 aliphatic carbocycles. The average molecular weight is 200 g/mol. The van der Waals surface area contributed by atoms with Gasteiger partial charge in [0.05, 0.1) is 4.61 Å². The maximum absolute atomic E-state index is 3.68. The second-order valence-corrected chi connectivity index (χ2v) is 2.92. The molecule has 0 N–H and O–H groups in total. The zero-order chi connectivity index (χ0) is 7.40. The Morgan fingerprint density at radius 1 is 1.80 bits per heavy atom. The fourth-order valence-electron chi connectivity index (χ4n) is 0.846. The summed E-state index contributed by atoms with van der Waals surface area (Å²) < 4.78 is 1.13. The molecule has 1 nitrogen and oxygen atoms in total. The first-order valence-corrected chi connectivity index (χ1v) is 4.02. The first-order valence-electron chi connectivity index (χ1n) is 3.23. The van der Waals surface area contributed by atoms with Crippen LogP contribution in [-0.2, 0) is 0 Å². The van der Waals surface area contributed by atoms with Crippen molar-refractivity contribution in [1.82, 2.24) is 4.90 Å². The average Bonchev–Trinajstić information content (AvgIpc) is 1.94. The molecule has 0 spiro atoms. The molecule has 1 aliphatic heterocycles. The van der Waals surface area contributed by atoms with Crippen LogP contribution in [0.3, 0.4) is 0 Å². The number of halogens is 1. The van der Waals surface area contributed by atoms with E-state index >= 15 is 0 Å². The summed E-state index contributed by atoms with van der Waals surface area (Å²) in [7, 11) is 0. The molecule has 0 aromatic heterocycles. The second kappa shape index (κ2) is 3.62. The van der Waals surface area contributed by atoms with Gasteiger partial charge in [-0.05, 0) is 22.0 Å². The van der Waals surface area contributed by atoms with Crippen molar-refractivity contribution in [3.8, 4) is 0 Å². The predicted octanol–water partition coefficient (Wildman–Crippen LogP) is 2.28. The lowest BCUT2D eigenvalue weighted by Crippen LogP contribution is -2.21. The van der Waals surface area contributed by atoms with Gasteiger partial charge in [-0.2, -0.15) is 0 Å². The van der Waals surface area contributed by atoms with E-state index in [4.69, 9.17) is 0 Å².